The van der Waals surface area contributed by atoms with Gasteiger partial charge in [0.05, 0.1) is 23.1 Å². The monoisotopic (exact) mass is 360 g/mol. The van der Waals surface area contributed by atoms with Crippen LogP contribution in [0, 0.1) is 12.8 Å². The number of guanidine groups is 1. The molecule has 2 aromatic rings. The fourth-order valence-electron chi connectivity index (χ4n) is 3.32. The Morgan fingerprint density at radius 2 is 2.36 bits per heavy atom. The Morgan fingerprint density at radius 3 is 3.04 bits per heavy atom. The normalized spacial score (nSPS) is 21.6. The Kier molecular flexibility index (Phi) is 6.07. The van der Waals surface area contributed by atoms with E-state index in [1.54, 1.807) is 11.3 Å². The summed E-state index contributed by atoms with van der Waals surface area (Å²) in [6.45, 7) is 10.2. The van der Waals surface area contributed by atoms with Crippen molar-refractivity contribution in [3.63, 3.8) is 0 Å². The van der Waals surface area contributed by atoms with Crippen molar-refractivity contribution in [1.82, 2.24) is 24.8 Å². The van der Waals surface area contributed by atoms with Gasteiger partial charge in [-0.25, -0.2) is 9.97 Å². The average Bonchev–Trinajstić information content (AvgIpc) is 3.26. The van der Waals surface area contributed by atoms with Crippen LogP contribution in [0.1, 0.15) is 37.0 Å². The number of piperidine rings is 1. The van der Waals surface area contributed by atoms with Crippen LogP contribution in [0.5, 0.6) is 0 Å². The molecule has 3 rings (SSSR count). The van der Waals surface area contributed by atoms with Crippen LogP contribution < -0.4 is 5.32 Å². The van der Waals surface area contributed by atoms with E-state index in [-0.39, 0.29) is 0 Å². The van der Waals surface area contributed by atoms with Crippen molar-refractivity contribution in [2.75, 3.05) is 26.2 Å². The molecule has 1 fully saturated rings. The predicted octanol–water partition coefficient (Wildman–Crippen LogP) is 2.74. The van der Waals surface area contributed by atoms with Crippen LogP contribution in [0.3, 0.4) is 0 Å². The van der Waals surface area contributed by atoms with Crippen molar-refractivity contribution in [1.29, 1.82) is 0 Å². The number of likely N-dealkylation sites (tertiary alicyclic amines) is 1. The Labute approximate surface area is 154 Å². The fraction of sp³-hybridized carbons (Fsp3) is 0.611. The second-order valence-corrected chi connectivity index (χ2v) is 7.69. The molecule has 136 valence electrons. The minimum atomic E-state index is 0.446. The molecule has 7 heteroatoms. The smallest absolute Gasteiger partial charge is 0.193 e. The third-order valence-electron chi connectivity index (χ3n) is 4.76. The van der Waals surface area contributed by atoms with E-state index >= 15 is 0 Å². The summed E-state index contributed by atoms with van der Waals surface area (Å²) in [5.74, 6) is 1.66. The van der Waals surface area contributed by atoms with Crippen molar-refractivity contribution in [2.24, 2.45) is 10.9 Å². The summed E-state index contributed by atoms with van der Waals surface area (Å²) >= 11 is 1.71. The molecule has 1 aliphatic rings. The first-order valence-corrected chi connectivity index (χ1v) is 9.97. The van der Waals surface area contributed by atoms with Crippen molar-refractivity contribution < 1.29 is 0 Å². The second-order valence-electron chi connectivity index (χ2n) is 6.63. The standard InChI is InChI=1S/C18H28N6S/c1-4-20-18(21-7-5-16-12-25-15(3)22-16)23-9-6-14(2)17(11-23)24-10-8-19-13-24/h8,10,12-14,17H,4-7,9,11H2,1-3H3,(H,20,21). The Morgan fingerprint density at radius 1 is 1.48 bits per heavy atom. The third kappa shape index (κ3) is 4.60. The first kappa shape index (κ1) is 17.9. The lowest BCUT2D eigenvalue weighted by atomic mass is 9.93. The molecule has 0 aliphatic carbocycles. The van der Waals surface area contributed by atoms with Gasteiger partial charge in [0.25, 0.3) is 0 Å². The number of rotatable bonds is 5. The molecular formula is C18H28N6S. The molecule has 25 heavy (non-hydrogen) atoms. The lowest BCUT2D eigenvalue weighted by Gasteiger charge is -2.39. The van der Waals surface area contributed by atoms with Crippen LogP contribution in [-0.2, 0) is 6.42 Å². The van der Waals surface area contributed by atoms with E-state index in [0.29, 0.717) is 12.0 Å². The van der Waals surface area contributed by atoms with Gasteiger partial charge >= 0.3 is 0 Å². The van der Waals surface area contributed by atoms with Gasteiger partial charge in [0.15, 0.2) is 5.96 Å². The predicted molar refractivity (Wildman–Crippen MR) is 103 cm³/mol. The van der Waals surface area contributed by atoms with E-state index in [9.17, 15) is 0 Å². The van der Waals surface area contributed by atoms with E-state index in [2.05, 4.69) is 50.2 Å². The van der Waals surface area contributed by atoms with Crippen LogP contribution in [0.25, 0.3) is 0 Å². The van der Waals surface area contributed by atoms with Gasteiger partial charge in [-0.2, -0.15) is 0 Å². The first-order chi connectivity index (χ1) is 12.2. The van der Waals surface area contributed by atoms with Gasteiger partial charge in [-0.15, -0.1) is 11.3 Å². The zero-order valence-corrected chi connectivity index (χ0v) is 16.2. The number of thiazole rings is 1. The largest absolute Gasteiger partial charge is 0.357 e. The number of nitrogens with one attached hydrogen (secondary N) is 1. The first-order valence-electron chi connectivity index (χ1n) is 9.09. The van der Waals surface area contributed by atoms with Crippen molar-refractivity contribution in [3.8, 4) is 0 Å². The van der Waals surface area contributed by atoms with Gasteiger partial charge in [0.2, 0.25) is 0 Å². The number of aliphatic imine (C=N–C) groups is 1. The molecule has 0 spiro atoms. The molecule has 6 nitrogen and oxygen atoms in total. The Balaban J connectivity index is 1.65. The van der Waals surface area contributed by atoms with Crippen LogP contribution in [0.2, 0.25) is 0 Å². The summed E-state index contributed by atoms with van der Waals surface area (Å²) in [4.78, 5) is 16.0. The van der Waals surface area contributed by atoms with E-state index in [0.717, 1.165) is 49.3 Å². The van der Waals surface area contributed by atoms with Crippen LogP contribution >= 0.6 is 11.3 Å². The summed E-state index contributed by atoms with van der Waals surface area (Å²) in [7, 11) is 0. The van der Waals surface area contributed by atoms with Gasteiger partial charge in [-0.05, 0) is 26.2 Å². The number of aromatic nitrogens is 3. The van der Waals surface area contributed by atoms with Crippen molar-refractivity contribution >= 4 is 17.3 Å². The van der Waals surface area contributed by atoms with Gasteiger partial charge < -0.3 is 14.8 Å². The highest BCUT2D eigenvalue weighted by Gasteiger charge is 2.28. The molecule has 1 N–H and O–H groups in total. The number of hydrogen-bond donors (Lipinski definition) is 1. The van der Waals surface area contributed by atoms with Crippen LogP contribution in [0.4, 0.5) is 0 Å². The maximum atomic E-state index is 4.85. The van der Waals surface area contributed by atoms with E-state index in [1.165, 1.54) is 6.42 Å². The topological polar surface area (TPSA) is 58.3 Å². The molecule has 1 aliphatic heterocycles. The molecule has 2 atom stereocenters. The van der Waals surface area contributed by atoms with E-state index in [4.69, 9.17) is 4.99 Å². The summed E-state index contributed by atoms with van der Waals surface area (Å²) in [5.41, 5.74) is 1.14. The lowest BCUT2D eigenvalue weighted by molar-refractivity contribution is 0.189. The third-order valence-corrected chi connectivity index (χ3v) is 5.58. The summed E-state index contributed by atoms with van der Waals surface area (Å²) in [6.07, 6.45) is 7.92. The van der Waals surface area contributed by atoms with Gasteiger partial charge in [-0.1, -0.05) is 6.92 Å². The SMILES string of the molecule is CCNC(=NCCc1csc(C)n1)N1CCC(C)C(n2ccnc2)C1. The molecule has 2 aromatic heterocycles. The molecule has 0 bridgehead atoms. The zero-order chi connectivity index (χ0) is 17.6. The Bertz CT molecular complexity index is 678. The molecule has 0 radical (unpaired) electrons. The minimum absolute atomic E-state index is 0.446. The summed E-state index contributed by atoms with van der Waals surface area (Å²) in [6, 6.07) is 0.446. The highest BCUT2D eigenvalue weighted by Crippen LogP contribution is 2.27. The number of hydrogen-bond acceptors (Lipinski definition) is 4. The molecule has 1 saturated heterocycles. The Hall–Kier alpha value is -1.89. The lowest BCUT2D eigenvalue weighted by Crippen LogP contribution is -2.49. The maximum Gasteiger partial charge on any atom is 0.193 e. The second kappa shape index (κ2) is 8.47. The summed E-state index contributed by atoms with van der Waals surface area (Å²) in [5, 5.41) is 6.72. The van der Waals surface area contributed by atoms with Crippen LogP contribution in [0.15, 0.2) is 29.1 Å². The van der Waals surface area contributed by atoms with Gasteiger partial charge in [0.1, 0.15) is 0 Å². The highest BCUT2D eigenvalue weighted by molar-refractivity contribution is 7.09. The minimum Gasteiger partial charge on any atom is -0.357 e. The molecule has 0 amide bonds. The molecule has 0 saturated carbocycles. The van der Waals surface area contributed by atoms with E-state index < -0.39 is 0 Å². The molecule has 2 unspecified atom stereocenters. The molecule has 0 aromatic carbocycles. The van der Waals surface area contributed by atoms with Crippen LogP contribution in [-0.4, -0.2) is 51.6 Å². The average molecular weight is 361 g/mol. The quantitative estimate of drug-likeness (QED) is 0.658. The fourth-order valence-corrected chi connectivity index (χ4v) is 3.97. The number of aryl methyl sites for hydroxylation is 1. The number of nitrogens with zero attached hydrogens (tertiary/aromatic N) is 5. The van der Waals surface area contributed by atoms with E-state index in [1.807, 2.05) is 19.4 Å². The molecular weight excluding hydrogens is 332 g/mol. The molecule has 3 heterocycles. The maximum absolute atomic E-state index is 4.85. The number of imidazole rings is 1. The summed E-state index contributed by atoms with van der Waals surface area (Å²) < 4.78 is 2.23. The van der Waals surface area contributed by atoms with Crippen molar-refractivity contribution in [3.05, 3.63) is 34.8 Å². The van der Waals surface area contributed by atoms with Crippen molar-refractivity contribution in [2.45, 2.75) is 39.7 Å². The highest BCUT2D eigenvalue weighted by atomic mass is 32.1. The van der Waals surface area contributed by atoms with Gasteiger partial charge in [0, 0.05) is 50.4 Å². The van der Waals surface area contributed by atoms with Gasteiger partial charge in [-0.3, -0.25) is 4.99 Å². The zero-order valence-electron chi connectivity index (χ0n) is 15.4.